The van der Waals surface area contributed by atoms with Crippen LogP contribution in [-0.4, -0.2) is 19.9 Å². The molecule has 0 aliphatic rings. The van der Waals surface area contributed by atoms with Crippen molar-refractivity contribution < 1.29 is 4.43 Å². The van der Waals surface area contributed by atoms with Crippen molar-refractivity contribution in [1.82, 2.24) is 4.98 Å². The van der Waals surface area contributed by atoms with Gasteiger partial charge in [0.25, 0.3) is 0 Å². The fourth-order valence-corrected chi connectivity index (χ4v) is 3.52. The van der Waals surface area contributed by atoms with Gasteiger partial charge in [-0.3, -0.25) is 4.98 Å². The Morgan fingerprint density at radius 2 is 1.92 bits per heavy atom. The minimum absolute atomic E-state index is 0.226. The summed E-state index contributed by atoms with van der Waals surface area (Å²) in [4.78, 5) is 4.42. The molecule has 1 aromatic rings. The molecule has 0 unspecified atom stereocenters. The molecule has 0 amide bonds. The number of hydrogen-bond donors (Lipinski definition) is 0. The maximum atomic E-state index is 6.56. The van der Waals surface area contributed by atoms with E-state index in [9.17, 15) is 0 Å². The molecular weight excluding hydrogens is 334 g/mol. The van der Waals surface area contributed by atoms with Crippen LogP contribution in [0.5, 0.6) is 0 Å². The monoisotopic (exact) mass is 373 g/mol. The summed E-state index contributed by atoms with van der Waals surface area (Å²) in [6.45, 7) is 19.1. The lowest BCUT2D eigenvalue weighted by Gasteiger charge is -2.36. The predicted molar refractivity (Wildman–Crippen MR) is 118 cm³/mol. The van der Waals surface area contributed by atoms with Gasteiger partial charge in [-0.15, -0.1) is 0 Å². The summed E-state index contributed by atoms with van der Waals surface area (Å²) in [5.74, 6) is 0.535. The minimum Gasteiger partial charge on any atom is -0.413 e. The molecular formula is C23H39NOSi. The summed E-state index contributed by atoms with van der Waals surface area (Å²) in [7, 11) is -1.77. The largest absolute Gasteiger partial charge is 0.413 e. The first-order valence-electron chi connectivity index (χ1n) is 10.0. The van der Waals surface area contributed by atoms with E-state index in [1.807, 2.05) is 24.4 Å². The van der Waals surface area contributed by atoms with Crippen molar-refractivity contribution in [2.75, 3.05) is 6.61 Å². The Bertz CT molecular complexity index is 594. The van der Waals surface area contributed by atoms with Gasteiger partial charge in [-0.1, -0.05) is 65.7 Å². The molecule has 0 fully saturated rings. The standard InChI is InChI=1S/C23H39NOSi/c1-9-10-14-22(19(2)3)20(15-16-21-13-11-12-17-24-21)18-25-26(7,8)23(4,5)6/h11-13,15-17,19H,9-10,14,18H2,1-8H3/b16-15+,22-20-. The van der Waals surface area contributed by atoms with Crippen molar-refractivity contribution in [3.8, 4) is 0 Å². The molecule has 0 radical (unpaired) electrons. The summed E-state index contributed by atoms with van der Waals surface area (Å²) in [6.07, 6.45) is 9.80. The van der Waals surface area contributed by atoms with Gasteiger partial charge < -0.3 is 4.43 Å². The number of unbranched alkanes of at least 4 members (excludes halogenated alkanes) is 1. The van der Waals surface area contributed by atoms with E-state index in [1.54, 1.807) is 0 Å². The molecule has 0 saturated heterocycles. The van der Waals surface area contributed by atoms with Crippen LogP contribution in [0, 0.1) is 5.92 Å². The molecule has 0 saturated carbocycles. The second kappa shape index (κ2) is 10.2. The lowest BCUT2D eigenvalue weighted by atomic mass is 9.92. The Balaban J connectivity index is 3.13. The van der Waals surface area contributed by atoms with E-state index in [1.165, 1.54) is 24.0 Å². The van der Waals surface area contributed by atoms with Crippen LogP contribution in [0.25, 0.3) is 6.08 Å². The molecule has 2 nitrogen and oxygen atoms in total. The highest BCUT2D eigenvalue weighted by molar-refractivity contribution is 6.74. The van der Waals surface area contributed by atoms with Gasteiger partial charge in [-0.25, -0.2) is 0 Å². The quantitative estimate of drug-likeness (QED) is 0.335. The van der Waals surface area contributed by atoms with Gasteiger partial charge in [0.1, 0.15) is 0 Å². The summed E-state index contributed by atoms with van der Waals surface area (Å²) >= 11 is 0. The van der Waals surface area contributed by atoms with E-state index in [4.69, 9.17) is 4.43 Å². The SMILES string of the molecule is CCCC/C(=C(\C=C\c1ccccn1)CO[Si](C)(C)C(C)(C)C)C(C)C. The first-order valence-corrected chi connectivity index (χ1v) is 12.9. The Kier molecular flexibility index (Phi) is 8.98. The molecule has 0 atom stereocenters. The molecule has 0 aromatic carbocycles. The third kappa shape index (κ3) is 7.20. The summed E-state index contributed by atoms with van der Waals surface area (Å²) in [5.41, 5.74) is 3.86. The first kappa shape index (κ1) is 22.8. The Hall–Kier alpha value is -1.19. The number of nitrogens with zero attached hydrogens (tertiary/aromatic N) is 1. The van der Waals surface area contributed by atoms with Gasteiger partial charge in [0, 0.05) is 6.20 Å². The minimum atomic E-state index is -1.77. The third-order valence-corrected chi connectivity index (χ3v) is 9.93. The van der Waals surface area contributed by atoms with Gasteiger partial charge in [0.05, 0.1) is 12.3 Å². The Morgan fingerprint density at radius 3 is 2.42 bits per heavy atom. The van der Waals surface area contributed by atoms with Gasteiger partial charge >= 0.3 is 0 Å². The van der Waals surface area contributed by atoms with Crippen LogP contribution in [0.2, 0.25) is 18.1 Å². The fourth-order valence-electron chi connectivity index (χ4n) is 2.57. The molecule has 26 heavy (non-hydrogen) atoms. The van der Waals surface area contributed by atoms with Gasteiger partial charge in [-0.05, 0) is 60.7 Å². The lowest BCUT2D eigenvalue weighted by molar-refractivity contribution is 0.319. The van der Waals surface area contributed by atoms with Gasteiger partial charge in [-0.2, -0.15) is 0 Å². The lowest BCUT2D eigenvalue weighted by Crippen LogP contribution is -2.41. The highest BCUT2D eigenvalue weighted by Crippen LogP contribution is 2.37. The topological polar surface area (TPSA) is 22.1 Å². The number of aromatic nitrogens is 1. The summed E-state index contributed by atoms with van der Waals surface area (Å²) in [6, 6.07) is 6.03. The molecule has 0 aliphatic heterocycles. The van der Waals surface area contributed by atoms with Crippen LogP contribution in [0.15, 0.2) is 41.6 Å². The highest BCUT2D eigenvalue weighted by Gasteiger charge is 2.37. The van der Waals surface area contributed by atoms with Crippen molar-refractivity contribution >= 4 is 14.4 Å². The molecule has 1 aromatic heterocycles. The highest BCUT2D eigenvalue weighted by atomic mass is 28.4. The average Bonchev–Trinajstić information content (AvgIpc) is 2.56. The first-order chi connectivity index (χ1) is 12.1. The Morgan fingerprint density at radius 1 is 1.23 bits per heavy atom. The number of rotatable bonds is 9. The summed E-state index contributed by atoms with van der Waals surface area (Å²) < 4.78 is 6.56. The zero-order valence-corrected chi connectivity index (χ0v) is 19.2. The summed E-state index contributed by atoms with van der Waals surface area (Å²) in [5, 5.41) is 0.226. The van der Waals surface area contributed by atoms with E-state index in [0.717, 1.165) is 12.1 Å². The maximum Gasteiger partial charge on any atom is 0.192 e. The van der Waals surface area contributed by atoms with E-state index in [2.05, 4.69) is 71.8 Å². The average molecular weight is 374 g/mol. The second-order valence-corrected chi connectivity index (χ2v) is 13.8. The smallest absolute Gasteiger partial charge is 0.192 e. The van der Waals surface area contributed by atoms with E-state index in [0.29, 0.717) is 12.5 Å². The molecule has 146 valence electrons. The van der Waals surface area contributed by atoms with Crippen molar-refractivity contribution in [1.29, 1.82) is 0 Å². The molecule has 0 aliphatic carbocycles. The van der Waals surface area contributed by atoms with Crippen molar-refractivity contribution in [3.63, 3.8) is 0 Å². The maximum absolute atomic E-state index is 6.56. The third-order valence-electron chi connectivity index (χ3n) is 5.45. The van der Waals surface area contributed by atoms with Crippen molar-refractivity contribution in [3.05, 3.63) is 47.3 Å². The van der Waals surface area contributed by atoms with Crippen LogP contribution >= 0.6 is 0 Å². The normalized spacial score (nSPS) is 14.2. The molecule has 0 N–H and O–H groups in total. The zero-order chi connectivity index (χ0) is 19.8. The Labute approximate surface area is 162 Å². The number of hydrogen-bond acceptors (Lipinski definition) is 2. The molecule has 1 heterocycles. The van der Waals surface area contributed by atoms with Crippen LogP contribution in [0.4, 0.5) is 0 Å². The van der Waals surface area contributed by atoms with Crippen LogP contribution < -0.4 is 0 Å². The van der Waals surface area contributed by atoms with E-state index < -0.39 is 8.32 Å². The van der Waals surface area contributed by atoms with Crippen LogP contribution in [-0.2, 0) is 4.43 Å². The number of pyridine rings is 1. The second-order valence-electron chi connectivity index (χ2n) is 8.95. The van der Waals surface area contributed by atoms with Gasteiger partial charge in [0.2, 0.25) is 0 Å². The van der Waals surface area contributed by atoms with Crippen LogP contribution in [0.1, 0.15) is 66.5 Å². The number of allylic oxidation sites excluding steroid dienone is 1. The zero-order valence-electron chi connectivity index (χ0n) is 18.2. The van der Waals surface area contributed by atoms with E-state index in [-0.39, 0.29) is 5.04 Å². The van der Waals surface area contributed by atoms with Crippen molar-refractivity contribution in [2.45, 2.75) is 78.9 Å². The van der Waals surface area contributed by atoms with Crippen molar-refractivity contribution in [2.24, 2.45) is 5.92 Å². The molecule has 1 rings (SSSR count). The van der Waals surface area contributed by atoms with Crippen LogP contribution in [0.3, 0.4) is 0 Å². The molecule has 0 bridgehead atoms. The van der Waals surface area contributed by atoms with Gasteiger partial charge in [0.15, 0.2) is 8.32 Å². The fraction of sp³-hybridized carbons (Fsp3) is 0.609. The van der Waals surface area contributed by atoms with E-state index >= 15 is 0 Å². The molecule has 3 heteroatoms. The predicted octanol–water partition coefficient (Wildman–Crippen LogP) is 7.26. The molecule has 0 spiro atoms.